The van der Waals surface area contributed by atoms with Gasteiger partial charge in [-0.15, -0.1) is 0 Å². The fraction of sp³-hybridized carbons (Fsp3) is 0.0769. The van der Waals surface area contributed by atoms with E-state index in [0.29, 0.717) is 17.2 Å². The van der Waals surface area contributed by atoms with Crippen LogP contribution in [0.2, 0.25) is 0 Å². The molecule has 2 N–H and O–H groups in total. The van der Waals surface area contributed by atoms with Crippen molar-refractivity contribution >= 4 is 23.0 Å². The van der Waals surface area contributed by atoms with Gasteiger partial charge in [0.05, 0.1) is 5.56 Å². The molecule has 0 saturated carbocycles. The molecule has 86 valence electrons. The number of hydrogen-bond acceptors (Lipinski definition) is 3. The van der Waals surface area contributed by atoms with Crippen molar-refractivity contribution in [2.45, 2.75) is 0 Å². The van der Waals surface area contributed by atoms with Crippen molar-refractivity contribution in [2.24, 2.45) is 0 Å². The second kappa shape index (κ2) is 4.25. The van der Waals surface area contributed by atoms with Crippen LogP contribution in [0.25, 0.3) is 10.8 Å². The molecule has 0 unspecified atom stereocenters. The van der Waals surface area contributed by atoms with Gasteiger partial charge < -0.3 is 10.4 Å². The summed E-state index contributed by atoms with van der Waals surface area (Å²) >= 11 is 0. The zero-order chi connectivity index (χ0) is 12.4. The van der Waals surface area contributed by atoms with Crippen LogP contribution in [0.4, 0.5) is 0 Å². The highest BCUT2D eigenvalue weighted by Gasteiger charge is 2.08. The Kier molecular flexibility index (Phi) is 2.78. The number of amides is 1. The maximum absolute atomic E-state index is 11.4. The first-order valence-electron chi connectivity index (χ1n) is 5.10. The number of carbonyl (C=O) groups excluding carboxylic acids is 2. The Labute approximate surface area is 97.9 Å². The van der Waals surface area contributed by atoms with Crippen molar-refractivity contribution in [3.05, 3.63) is 41.5 Å². The Morgan fingerprint density at radius 2 is 2.06 bits per heavy atom. The Morgan fingerprint density at radius 3 is 2.71 bits per heavy atom. The van der Waals surface area contributed by atoms with E-state index in [2.05, 4.69) is 5.32 Å². The maximum Gasteiger partial charge on any atom is 0.251 e. The molecule has 0 saturated heterocycles. The van der Waals surface area contributed by atoms with Gasteiger partial charge in [0.25, 0.3) is 5.91 Å². The van der Waals surface area contributed by atoms with Crippen molar-refractivity contribution in [3.63, 3.8) is 0 Å². The van der Waals surface area contributed by atoms with Crippen molar-refractivity contribution in [3.8, 4) is 5.75 Å². The van der Waals surface area contributed by atoms with E-state index in [1.54, 1.807) is 31.3 Å². The highest BCUT2D eigenvalue weighted by Crippen LogP contribution is 2.26. The molecule has 0 radical (unpaired) electrons. The summed E-state index contributed by atoms with van der Waals surface area (Å²) in [6.07, 6.45) is 0.608. The summed E-state index contributed by atoms with van der Waals surface area (Å²) in [5, 5.41) is 13.4. The number of rotatable bonds is 2. The first kappa shape index (κ1) is 11.1. The van der Waals surface area contributed by atoms with Gasteiger partial charge in [0.1, 0.15) is 5.75 Å². The molecule has 4 nitrogen and oxygen atoms in total. The molecular formula is C13H11NO3. The third-order valence-electron chi connectivity index (χ3n) is 2.65. The first-order chi connectivity index (χ1) is 8.17. The summed E-state index contributed by atoms with van der Waals surface area (Å²) in [6.45, 7) is 0. The molecule has 0 aliphatic rings. The highest BCUT2D eigenvalue weighted by molar-refractivity contribution is 6.04. The summed E-state index contributed by atoms with van der Waals surface area (Å²) in [6, 6.07) is 8.07. The molecule has 17 heavy (non-hydrogen) atoms. The van der Waals surface area contributed by atoms with Crippen LogP contribution in [0.15, 0.2) is 30.3 Å². The minimum absolute atomic E-state index is 0.0554. The number of aromatic hydroxyl groups is 1. The quantitative estimate of drug-likeness (QED) is 0.770. The number of phenolic OH excluding ortho intramolecular Hbond substituents is 1. The number of benzene rings is 2. The van der Waals surface area contributed by atoms with Crippen LogP contribution in [-0.4, -0.2) is 24.3 Å². The number of phenols is 1. The van der Waals surface area contributed by atoms with E-state index < -0.39 is 0 Å². The lowest BCUT2D eigenvalue weighted by Gasteiger charge is -2.05. The fourth-order valence-electron chi connectivity index (χ4n) is 1.75. The summed E-state index contributed by atoms with van der Waals surface area (Å²) in [5.41, 5.74) is 0.758. The fourth-order valence-corrected chi connectivity index (χ4v) is 1.75. The lowest BCUT2D eigenvalue weighted by atomic mass is 10.0. The summed E-state index contributed by atoms with van der Waals surface area (Å²) in [7, 11) is 1.56. The normalized spacial score (nSPS) is 10.2. The molecule has 1 amide bonds. The van der Waals surface area contributed by atoms with Crippen LogP contribution >= 0.6 is 0 Å². The Morgan fingerprint density at radius 1 is 1.29 bits per heavy atom. The predicted octanol–water partition coefficient (Wildman–Crippen LogP) is 1.72. The van der Waals surface area contributed by atoms with E-state index in [1.807, 2.05) is 0 Å². The number of carbonyl (C=O) groups is 2. The van der Waals surface area contributed by atoms with Gasteiger partial charge >= 0.3 is 0 Å². The summed E-state index contributed by atoms with van der Waals surface area (Å²) in [5.74, 6) is -0.243. The van der Waals surface area contributed by atoms with Crippen molar-refractivity contribution in [1.82, 2.24) is 5.32 Å². The van der Waals surface area contributed by atoms with Gasteiger partial charge in [-0.1, -0.05) is 12.1 Å². The van der Waals surface area contributed by atoms with Gasteiger partial charge in [0.2, 0.25) is 0 Å². The number of nitrogens with one attached hydrogen (secondary N) is 1. The van der Waals surface area contributed by atoms with Gasteiger partial charge in [-0.25, -0.2) is 0 Å². The Bertz CT molecular complexity index is 605. The van der Waals surface area contributed by atoms with Crippen LogP contribution in [0.3, 0.4) is 0 Å². The molecular weight excluding hydrogens is 218 g/mol. The van der Waals surface area contributed by atoms with Crippen molar-refractivity contribution in [2.75, 3.05) is 7.05 Å². The minimum atomic E-state index is -0.187. The van der Waals surface area contributed by atoms with Gasteiger partial charge in [-0.2, -0.15) is 0 Å². The predicted molar refractivity (Wildman–Crippen MR) is 64.4 cm³/mol. The van der Waals surface area contributed by atoms with Crippen LogP contribution in [0, 0.1) is 0 Å². The monoisotopic (exact) mass is 229 g/mol. The van der Waals surface area contributed by atoms with Gasteiger partial charge in [0, 0.05) is 12.6 Å². The molecule has 0 fully saturated rings. The Balaban J connectivity index is 2.69. The Hall–Kier alpha value is -2.36. The molecule has 0 atom stereocenters. The highest BCUT2D eigenvalue weighted by atomic mass is 16.3. The molecule has 0 aliphatic heterocycles. The zero-order valence-corrected chi connectivity index (χ0v) is 9.23. The van der Waals surface area contributed by atoms with Crippen molar-refractivity contribution < 1.29 is 14.7 Å². The van der Waals surface area contributed by atoms with E-state index in [1.165, 1.54) is 6.07 Å². The lowest BCUT2D eigenvalue weighted by molar-refractivity contribution is 0.0963. The van der Waals surface area contributed by atoms with Gasteiger partial charge in [-0.05, 0) is 29.0 Å². The van der Waals surface area contributed by atoms with E-state index >= 15 is 0 Å². The van der Waals surface area contributed by atoms with E-state index in [4.69, 9.17) is 0 Å². The molecule has 0 aromatic heterocycles. The molecule has 0 heterocycles. The smallest absolute Gasteiger partial charge is 0.251 e. The maximum atomic E-state index is 11.4. The average molecular weight is 229 g/mol. The number of hydrogen-bond donors (Lipinski definition) is 2. The van der Waals surface area contributed by atoms with Crippen LogP contribution in [-0.2, 0) is 0 Å². The van der Waals surface area contributed by atoms with Crippen LogP contribution < -0.4 is 5.32 Å². The number of fused-ring (bicyclic) bond motifs is 1. The zero-order valence-electron chi connectivity index (χ0n) is 9.23. The molecule has 2 aromatic carbocycles. The van der Waals surface area contributed by atoms with E-state index in [9.17, 15) is 14.7 Å². The van der Waals surface area contributed by atoms with Crippen molar-refractivity contribution in [1.29, 1.82) is 0 Å². The minimum Gasteiger partial charge on any atom is -0.507 e. The summed E-state index contributed by atoms with van der Waals surface area (Å²) in [4.78, 5) is 22.3. The lowest BCUT2D eigenvalue weighted by Crippen LogP contribution is -2.17. The molecule has 0 spiro atoms. The second-order valence-electron chi connectivity index (χ2n) is 3.63. The van der Waals surface area contributed by atoms with E-state index in [-0.39, 0.29) is 17.2 Å². The van der Waals surface area contributed by atoms with Gasteiger partial charge in [-0.3, -0.25) is 9.59 Å². The SMILES string of the molecule is CNC(=O)c1ccc2c(C=O)c(O)ccc2c1. The molecule has 2 rings (SSSR count). The molecule has 0 aliphatic carbocycles. The standard InChI is InChI=1S/C13H11NO3/c1-14-13(17)9-2-4-10-8(6-9)3-5-12(16)11(10)7-15/h2-7,16H,1H3,(H,14,17). The second-order valence-corrected chi connectivity index (χ2v) is 3.63. The topological polar surface area (TPSA) is 66.4 Å². The van der Waals surface area contributed by atoms with E-state index in [0.717, 1.165) is 5.39 Å². The first-order valence-corrected chi connectivity index (χ1v) is 5.10. The molecule has 2 aromatic rings. The third-order valence-corrected chi connectivity index (χ3v) is 2.65. The van der Waals surface area contributed by atoms with Crippen LogP contribution in [0.1, 0.15) is 20.7 Å². The average Bonchev–Trinajstić information content (AvgIpc) is 2.37. The van der Waals surface area contributed by atoms with Crippen LogP contribution in [0.5, 0.6) is 5.75 Å². The number of aldehydes is 1. The largest absolute Gasteiger partial charge is 0.507 e. The molecule has 4 heteroatoms. The summed E-state index contributed by atoms with van der Waals surface area (Å²) < 4.78 is 0. The third kappa shape index (κ3) is 1.85. The molecule has 0 bridgehead atoms. The van der Waals surface area contributed by atoms with Gasteiger partial charge in [0.15, 0.2) is 6.29 Å².